The van der Waals surface area contributed by atoms with Crippen LogP contribution < -0.4 is 5.73 Å². The van der Waals surface area contributed by atoms with E-state index in [1.807, 2.05) is 13.8 Å². The van der Waals surface area contributed by atoms with Gasteiger partial charge >= 0.3 is 0 Å². The summed E-state index contributed by atoms with van der Waals surface area (Å²) in [6.07, 6.45) is 1.08. The number of ether oxygens (including phenoxy) is 1. The highest BCUT2D eigenvalue weighted by Crippen LogP contribution is 2.19. The van der Waals surface area contributed by atoms with Gasteiger partial charge in [0.15, 0.2) is 0 Å². The lowest BCUT2D eigenvalue weighted by Gasteiger charge is -2.26. The Morgan fingerprint density at radius 2 is 1.58 bits per heavy atom. The summed E-state index contributed by atoms with van der Waals surface area (Å²) in [5.74, 6) is 0. The van der Waals surface area contributed by atoms with Crippen molar-refractivity contribution in [1.29, 1.82) is 0 Å². The van der Waals surface area contributed by atoms with Crippen molar-refractivity contribution in [2.45, 2.75) is 46.6 Å². The van der Waals surface area contributed by atoms with Crippen molar-refractivity contribution in [3.05, 3.63) is 0 Å². The van der Waals surface area contributed by atoms with Crippen LogP contribution in [0.15, 0.2) is 0 Å². The zero-order valence-corrected chi connectivity index (χ0v) is 9.11. The van der Waals surface area contributed by atoms with E-state index < -0.39 is 0 Å². The molecule has 2 heteroatoms. The van der Waals surface area contributed by atoms with Crippen molar-refractivity contribution in [3.63, 3.8) is 0 Å². The Balaban J connectivity index is 3.57. The molecule has 0 aliphatic carbocycles. The van der Waals surface area contributed by atoms with Crippen LogP contribution in [0.2, 0.25) is 0 Å². The molecule has 0 radical (unpaired) electrons. The monoisotopic (exact) mass is 173 g/mol. The Bertz CT molecular complexity index is 124. The van der Waals surface area contributed by atoms with Crippen molar-refractivity contribution in [3.8, 4) is 0 Å². The molecule has 2 N–H and O–H groups in total. The molecule has 0 aromatic heterocycles. The summed E-state index contributed by atoms with van der Waals surface area (Å²) in [4.78, 5) is 0. The molecule has 0 heterocycles. The van der Waals surface area contributed by atoms with Crippen molar-refractivity contribution in [1.82, 2.24) is 0 Å². The summed E-state index contributed by atoms with van der Waals surface area (Å²) in [6.45, 7) is 12.1. The number of rotatable bonds is 4. The molecular weight excluding hydrogens is 150 g/mol. The van der Waals surface area contributed by atoms with E-state index >= 15 is 0 Å². The second-order valence-corrected chi connectivity index (χ2v) is 5.12. The minimum atomic E-state index is -0.161. The third-order valence-corrected chi connectivity index (χ3v) is 1.84. The lowest BCUT2D eigenvalue weighted by atomic mass is 9.93. The SMILES string of the molecule is CC(C)(C)CCOC(C)(C)CN. The standard InChI is InChI=1S/C10H23NO/c1-9(2,3)6-7-12-10(4,5)8-11/h6-8,11H2,1-5H3. The molecule has 0 aromatic carbocycles. The fraction of sp³-hybridized carbons (Fsp3) is 1.00. The highest BCUT2D eigenvalue weighted by Gasteiger charge is 2.17. The van der Waals surface area contributed by atoms with E-state index in [2.05, 4.69) is 20.8 Å². The van der Waals surface area contributed by atoms with E-state index in [1.165, 1.54) is 0 Å². The van der Waals surface area contributed by atoms with Crippen LogP contribution in [0.4, 0.5) is 0 Å². The first-order valence-electron chi connectivity index (χ1n) is 4.61. The molecule has 12 heavy (non-hydrogen) atoms. The summed E-state index contributed by atoms with van der Waals surface area (Å²) in [6, 6.07) is 0. The maximum Gasteiger partial charge on any atom is 0.0748 e. The zero-order chi connectivity index (χ0) is 9.83. The van der Waals surface area contributed by atoms with E-state index in [0.29, 0.717) is 12.0 Å². The predicted octanol–water partition coefficient (Wildman–Crippen LogP) is 2.18. The minimum absolute atomic E-state index is 0.161. The molecule has 2 nitrogen and oxygen atoms in total. The average Bonchev–Trinajstić information content (AvgIpc) is 1.84. The zero-order valence-electron chi connectivity index (χ0n) is 9.11. The highest BCUT2D eigenvalue weighted by molar-refractivity contribution is 4.69. The van der Waals surface area contributed by atoms with Crippen LogP contribution in [-0.2, 0) is 4.74 Å². The fourth-order valence-electron chi connectivity index (χ4n) is 0.692. The van der Waals surface area contributed by atoms with E-state index in [-0.39, 0.29) is 5.60 Å². The second kappa shape index (κ2) is 4.24. The van der Waals surface area contributed by atoms with Crippen molar-refractivity contribution in [2.24, 2.45) is 11.1 Å². The van der Waals surface area contributed by atoms with Crippen LogP contribution in [0.1, 0.15) is 41.0 Å². The average molecular weight is 173 g/mol. The predicted molar refractivity (Wildman–Crippen MR) is 53.2 cm³/mol. The molecule has 74 valence electrons. The van der Waals surface area contributed by atoms with Gasteiger partial charge in [0.1, 0.15) is 0 Å². The third-order valence-electron chi connectivity index (χ3n) is 1.84. The van der Waals surface area contributed by atoms with Gasteiger partial charge in [0.05, 0.1) is 5.60 Å². The van der Waals surface area contributed by atoms with Crippen LogP contribution >= 0.6 is 0 Å². The number of nitrogens with two attached hydrogens (primary N) is 1. The minimum Gasteiger partial charge on any atom is -0.374 e. The van der Waals surface area contributed by atoms with Gasteiger partial charge < -0.3 is 10.5 Å². The van der Waals surface area contributed by atoms with Crippen molar-refractivity contribution >= 4 is 0 Å². The molecule has 0 saturated carbocycles. The van der Waals surface area contributed by atoms with Gasteiger partial charge in [0, 0.05) is 13.2 Å². The van der Waals surface area contributed by atoms with E-state index in [0.717, 1.165) is 13.0 Å². The van der Waals surface area contributed by atoms with E-state index in [9.17, 15) is 0 Å². The Hall–Kier alpha value is -0.0800. The van der Waals surface area contributed by atoms with Gasteiger partial charge in [-0.15, -0.1) is 0 Å². The van der Waals surface area contributed by atoms with Gasteiger partial charge in [-0.05, 0) is 25.7 Å². The molecule has 0 fully saturated rings. The van der Waals surface area contributed by atoms with E-state index in [4.69, 9.17) is 10.5 Å². The summed E-state index contributed by atoms with van der Waals surface area (Å²) < 4.78 is 5.63. The van der Waals surface area contributed by atoms with E-state index in [1.54, 1.807) is 0 Å². The van der Waals surface area contributed by atoms with Crippen LogP contribution in [0.5, 0.6) is 0 Å². The normalized spacial score (nSPS) is 13.5. The summed E-state index contributed by atoms with van der Waals surface area (Å²) >= 11 is 0. The summed E-state index contributed by atoms with van der Waals surface area (Å²) in [5.41, 5.74) is 5.72. The lowest BCUT2D eigenvalue weighted by molar-refractivity contribution is -0.0208. The van der Waals surface area contributed by atoms with Crippen LogP contribution in [0, 0.1) is 5.41 Å². The molecule has 0 aliphatic rings. The van der Waals surface area contributed by atoms with Crippen molar-refractivity contribution in [2.75, 3.05) is 13.2 Å². The maximum atomic E-state index is 5.63. The Labute approximate surface area is 76.5 Å². The summed E-state index contributed by atoms with van der Waals surface area (Å²) in [5, 5.41) is 0. The molecule has 0 atom stereocenters. The first-order chi connectivity index (χ1) is 5.27. The van der Waals surface area contributed by atoms with Crippen LogP contribution in [0.25, 0.3) is 0 Å². The molecule has 0 aliphatic heterocycles. The molecule has 0 rings (SSSR count). The molecule has 0 saturated heterocycles. The summed E-state index contributed by atoms with van der Waals surface area (Å²) in [7, 11) is 0. The fourth-order valence-corrected chi connectivity index (χ4v) is 0.692. The molecule has 0 amide bonds. The van der Waals surface area contributed by atoms with Gasteiger partial charge in [0.25, 0.3) is 0 Å². The van der Waals surface area contributed by atoms with Gasteiger partial charge in [0.2, 0.25) is 0 Å². The molecule has 0 spiro atoms. The number of hydrogen-bond acceptors (Lipinski definition) is 2. The molecule has 0 bridgehead atoms. The Morgan fingerprint density at radius 1 is 1.08 bits per heavy atom. The first-order valence-corrected chi connectivity index (χ1v) is 4.61. The largest absolute Gasteiger partial charge is 0.374 e. The first kappa shape index (κ1) is 11.9. The van der Waals surface area contributed by atoms with Gasteiger partial charge in [-0.2, -0.15) is 0 Å². The van der Waals surface area contributed by atoms with Gasteiger partial charge in [-0.3, -0.25) is 0 Å². The Kier molecular flexibility index (Phi) is 4.21. The van der Waals surface area contributed by atoms with Crippen LogP contribution in [0.3, 0.4) is 0 Å². The molecule has 0 aromatic rings. The number of hydrogen-bond donors (Lipinski definition) is 1. The van der Waals surface area contributed by atoms with Crippen molar-refractivity contribution < 1.29 is 4.74 Å². The topological polar surface area (TPSA) is 35.2 Å². The Morgan fingerprint density at radius 3 is 1.92 bits per heavy atom. The molecular formula is C10H23NO. The second-order valence-electron chi connectivity index (χ2n) is 5.12. The lowest BCUT2D eigenvalue weighted by Crippen LogP contribution is -2.34. The highest BCUT2D eigenvalue weighted by atomic mass is 16.5. The smallest absolute Gasteiger partial charge is 0.0748 e. The third kappa shape index (κ3) is 6.62. The van der Waals surface area contributed by atoms with Gasteiger partial charge in [-0.1, -0.05) is 20.8 Å². The maximum absolute atomic E-state index is 5.63. The van der Waals surface area contributed by atoms with Crippen LogP contribution in [-0.4, -0.2) is 18.8 Å². The molecule has 0 unspecified atom stereocenters. The quantitative estimate of drug-likeness (QED) is 0.707. The van der Waals surface area contributed by atoms with Gasteiger partial charge in [-0.25, -0.2) is 0 Å².